The maximum atomic E-state index is 11.5. The largest absolute Gasteiger partial charge is 0.385 e. The second kappa shape index (κ2) is 7.23. The summed E-state index contributed by atoms with van der Waals surface area (Å²) in [6, 6.07) is 4.21. The van der Waals surface area contributed by atoms with Gasteiger partial charge < -0.3 is 15.5 Å². The van der Waals surface area contributed by atoms with E-state index in [0.29, 0.717) is 0 Å². The summed E-state index contributed by atoms with van der Waals surface area (Å²) in [5, 5.41) is 7.25. The molecule has 2 amide bonds. The zero-order valence-corrected chi connectivity index (χ0v) is 13.7. The average molecular weight is 322 g/mol. The number of hydrogen-bond acceptors (Lipinski definition) is 2. The second-order valence-corrected chi connectivity index (χ2v) is 6.52. The lowest BCUT2D eigenvalue weighted by atomic mass is 9.97. The predicted octanol–water partition coefficient (Wildman–Crippen LogP) is 3.44. The molecular weight excluding hydrogens is 298 g/mol. The smallest absolute Gasteiger partial charge is 0.317 e. The summed E-state index contributed by atoms with van der Waals surface area (Å²) in [4.78, 5) is 13.4. The number of rotatable bonds is 5. The van der Waals surface area contributed by atoms with Gasteiger partial charge in [-0.25, -0.2) is 4.79 Å². The minimum atomic E-state index is 0.0795. The molecule has 1 fully saturated rings. The van der Waals surface area contributed by atoms with E-state index in [-0.39, 0.29) is 6.03 Å². The van der Waals surface area contributed by atoms with Crippen molar-refractivity contribution in [2.45, 2.75) is 38.5 Å². The Morgan fingerprint density at radius 3 is 2.86 bits per heavy atom. The third-order valence-electron chi connectivity index (χ3n) is 4.59. The highest BCUT2D eigenvalue weighted by Gasteiger charge is 2.19. The molecule has 0 atom stereocenters. The molecule has 4 nitrogen and oxygen atoms in total. The van der Waals surface area contributed by atoms with Gasteiger partial charge in [-0.1, -0.05) is 11.6 Å². The number of unbranched alkanes of at least 4 members (excludes halogenated alkanes) is 1. The molecule has 5 heteroatoms. The van der Waals surface area contributed by atoms with Gasteiger partial charge in [0.25, 0.3) is 0 Å². The van der Waals surface area contributed by atoms with Crippen molar-refractivity contribution < 1.29 is 4.79 Å². The molecule has 2 heterocycles. The maximum Gasteiger partial charge on any atom is 0.317 e. The first-order chi connectivity index (χ1) is 10.8. The minimum Gasteiger partial charge on any atom is -0.385 e. The molecule has 2 aliphatic heterocycles. The van der Waals surface area contributed by atoms with Crippen LogP contribution in [0.4, 0.5) is 10.5 Å². The van der Waals surface area contributed by atoms with Gasteiger partial charge in [0, 0.05) is 36.9 Å². The number of anilines is 1. The van der Waals surface area contributed by atoms with Crippen LogP contribution in [-0.4, -0.2) is 37.1 Å². The van der Waals surface area contributed by atoms with Gasteiger partial charge in [0.1, 0.15) is 0 Å². The number of urea groups is 1. The van der Waals surface area contributed by atoms with Crippen LogP contribution in [0.2, 0.25) is 5.02 Å². The van der Waals surface area contributed by atoms with Gasteiger partial charge in [0.2, 0.25) is 0 Å². The summed E-state index contributed by atoms with van der Waals surface area (Å²) in [6.07, 6.45) is 6.66. The number of halogens is 1. The molecule has 0 aliphatic carbocycles. The first-order valence-electron chi connectivity index (χ1n) is 8.32. The van der Waals surface area contributed by atoms with Crippen molar-refractivity contribution in [3.63, 3.8) is 0 Å². The van der Waals surface area contributed by atoms with E-state index < -0.39 is 0 Å². The molecule has 22 heavy (non-hydrogen) atoms. The zero-order chi connectivity index (χ0) is 15.4. The van der Waals surface area contributed by atoms with Gasteiger partial charge in [0.05, 0.1) is 0 Å². The van der Waals surface area contributed by atoms with Crippen LogP contribution < -0.4 is 10.6 Å². The van der Waals surface area contributed by atoms with Gasteiger partial charge in [0.15, 0.2) is 0 Å². The average Bonchev–Trinajstić information content (AvgIpc) is 2.78. The van der Waals surface area contributed by atoms with E-state index in [1.165, 1.54) is 29.7 Å². The first-order valence-corrected chi connectivity index (χ1v) is 8.70. The third kappa shape index (κ3) is 3.49. The van der Waals surface area contributed by atoms with Crippen LogP contribution in [0.25, 0.3) is 0 Å². The lowest BCUT2D eigenvalue weighted by Crippen LogP contribution is -2.29. The standard InChI is InChI=1S/C17H24ClN3O/c18-15-7-8-16-14(6-1-3-9-19-16)13(15)5-2-4-11-21-12-10-20-17(21)22/h7-8,19H,1-6,9-12H2,(H,20,22). The molecule has 1 aromatic carbocycles. The van der Waals surface area contributed by atoms with Crippen molar-refractivity contribution in [2.24, 2.45) is 0 Å². The Balaban J connectivity index is 1.58. The number of nitrogens with zero attached hydrogens (tertiary/aromatic N) is 1. The number of hydrogen-bond donors (Lipinski definition) is 2. The minimum absolute atomic E-state index is 0.0795. The van der Waals surface area contributed by atoms with E-state index in [2.05, 4.69) is 16.7 Å². The lowest BCUT2D eigenvalue weighted by molar-refractivity contribution is 0.216. The highest BCUT2D eigenvalue weighted by molar-refractivity contribution is 6.31. The van der Waals surface area contributed by atoms with Crippen molar-refractivity contribution >= 4 is 23.3 Å². The topological polar surface area (TPSA) is 44.4 Å². The van der Waals surface area contributed by atoms with Crippen LogP contribution in [0.3, 0.4) is 0 Å². The van der Waals surface area contributed by atoms with E-state index in [1.807, 2.05) is 11.0 Å². The SMILES string of the molecule is O=C1NCCN1CCCCc1c(Cl)ccc2c1CCCCN2. The number of amides is 2. The lowest BCUT2D eigenvalue weighted by Gasteiger charge is -2.16. The fraction of sp³-hybridized carbons (Fsp3) is 0.588. The number of nitrogens with one attached hydrogen (secondary N) is 2. The third-order valence-corrected chi connectivity index (χ3v) is 4.95. The summed E-state index contributed by atoms with van der Waals surface area (Å²) in [6.45, 7) is 3.52. The Morgan fingerprint density at radius 1 is 1.14 bits per heavy atom. The fourth-order valence-electron chi connectivity index (χ4n) is 3.36. The molecule has 1 aromatic rings. The zero-order valence-electron chi connectivity index (χ0n) is 13.0. The van der Waals surface area contributed by atoms with Crippen LogP contribution >= 0.6 is 11.6 Å². The molecule has 0 bridgehead atoms. The summed E-state index contributed by atoms with van der Waals surface area (Å²) >= 11 is 6.44. The molecule has 120 valence electrons. The van der Waals surface area contributed by atoms with E-state index >= 15 is 0 Å². The van der Waals surface area contributed by atoms with Gasteiger partial charge >= 0.3 is 6.03 Å². The Kier molecular flexibility index (Phi) is 5.08. The number of carbonyl (C=O) groups is 1. The van der Waals surface area contributed by atoms with Crippen molar-refractivity contribution in [1.82, 2.24) is 10.2 Å². The van der Waals surface area contributed by atoms with Gasteiger partial charge in [-0.2, -0.15) is 0 Å². The number of benzene rings is 1. The summed E-state index contributed by atoms with van der Waals surface area (Å²) in [5.74, 6) is 0. The van der Waals surface area contributed by atoms with Crippen molar-refractivity contribution in [2.75, 3.05) is 31.5 Å². The van der Waals surface area contributed by atoms with Crippen LogP contribution in [-0.2, 0) is 12.8 Å². The van der Waals surface area contributed by atoms with Crippen molar-refractivity contribution in [3.8, 4) is 0 Å². The quantitative estimate of drug-likeness (QED) is 0.816. The molecule has 3 rings (SSSR count). The van der Waals surface area contributed by atoms with Gasteiger partial charge in [-0.05, 0) is 61.8 Å². The Hall–Kier alpha value is -1.42. The maximum absolute atomic E-state index is 11.5. The van der Waals surface area contributed by atoms with Crippen molar-refractivity contribution in [1.29, 1.82) is 0 Å². The first kappa shape index (κ1) is 15.5. The van der Waals surface area contributed by atoms with E-state index in [9.17, 15) is 4.79 Å². The summed E-state index contributed by atoms with van der Waals surface area (Å²) in [7, 11) is 0. The van der Waals surface area contributed by atoms with Crippen molar-refractivity contribution in [3.05, 3.63) is 28.3 Å². The molecule has 1 saturated heterocycles. The molecule has 0 unspecified atom stereocenters. The molecular formula is C17H24ClN3O. The molecule has 0 radical (unpaired) electrons. The molecule has 0 saturated carbocycles. The molecule has 0 spiro atoms. The van der Waals surface area contributed by atoms with Gasteiger partial charge in [-0.3, -0.25) is 0 Å². The summed E-state index contributed by atoms with van der Waals surface area (Å²) < 4.78 is 0. The van der Waals surface area contributed by atoms with Crippen LogP contribution in [0.5, 0.6) is 0 Å². The van der Waals surface area contributed by atoms with E-state index in [1.54, 1.807) is 0 Å². The Bertz CT molecular complexity index is 547. The van der Waals surface area contributed by atoms with Crippen LogP contribution in [0.1, 0.15) is 36.8 Å². The molecule has 2 aliphatic rings. The number of carbonyl (C=O) groups excluding carboxylic acids is 1. The van der Waals surface area contributed by atoms with Crippen LogP contribution in [0.15, 0.2) is 12.1 Å². The van der Waals surface area contributed by atoms with E-state index in [0.717, 1.165) is 56.9 Å². The highest BCUT2D eigenvalue weighted by atomic mass is 35.5. The highest BCUT2D eigenvalue weighted by Crippen LogP contribution is 2.31. The Morgan fingerprint density at radius 2 is 2.05 bits per heavy atom. The monoisotopic (exact) mass is 321 g/mol. The van der Waals surface area contributed by atoms with E-state index in [4.69, 9.17) is 11.6 Å². The Labute approximate surface area is 137 Å². The second-order valence-electron chi connectivity index (χ2n) is 6.11. The normalized spacial score (nSPS) is 17.7. The molecule has 0 aromatic heterocycles. The molecule has 2 N–H and O–H groups in total. The van der Waals surface area contributed by atoms with Gasteiger partial charge in [-0.15, -0.1) is 0 Å². The van der Waals surface area contributed by atoms with Crippen LogP contribution in [0, 0.1) is 0 Å². The summed E-state index contributed by atoms with van der Waals surface area (Å²) in [5.41, 5.74) is 3.97. The predicted molar refractivity (Wildman–Crippen MR) is 90.8 cm³/mol. The number of fused-ring (bicyclic) bond motifs is 1. The fourth-order valence-corrected chi connectivity index (χ4v) is 3.64.